The maximum absolute atomic E-state index is 8.78. The highest BCUT2D eigenvalue weighted by Gasteiger charge is 2.01. The van der Waals surface area contributed by atoms with Gasteiger partial charge in [-0.3, -0.25) is 0 Å². The summed E-state index contributed by atoms with van der Waals surface area (Å²) in [5.74, 6) is 0.811. The molecule has 19 heavy (non-hydrogen) atoms. The summed E-state index contributed by atoms with van der Waals surface area (Å²) in [5.41, 5.74) is 0. The summed E-state index contributed by atoms with van der Waals surface area (Å²) >= 11 is 0. The summed E-state index contributed by atoms with van der Waals surface area (Å²) in [6.45, 7) is 4.97. The predicted molar refractivity (Wildman–Crippen MR) is 86.6 cm³/mol. The van der Waals surface area contributed by atoms with Crippen molar-refractivity contribution in [3.8, 4) is 0 Å². The third kappa shape index (κ3) is 15.9. The van der Waals surface area contributed by atoms with Gasteiger partial charge in [0.25, 0.3) is 0 Å². The zero-order valence-corrected chi connectivity index (χ0v) is 13.6. The van der Waals surface area contributed by atoms with E-state index in [-0.39, 0.29) is 0 Å². The quantitative estimate of drug-likeness (QED) is 0.357. The molecule has 0 aliphatic heterocycles. The van der Waals surface area contributed by atoms with Gasteiger partial charge in [-0.05, 0) is 18.8 Å². The molecule has 0 saturated heterocycles. The molecule has 0 spiro atoms. The average molecular weight is 271 g/mol. The van der Waals surface area contributed by atoms with Crippen LogP contribution in [-0.2, 0) is 0 Å². The maximum atomic E-state index is 8.78. The summed E-state index contributed by atoms with van der Waals surface area (Å²) in [4.78, 5) is 0. The Bertz CT molecular complexity index is 156. The smallest absolute Gasteiger partial charge is 0.0431 e. The zero-order chi connectivity index (χ0) is 14.2. The Morgan fingerprint density at radius 1 is 0.632 bits per heavy atom. The fraction of sp³-hybridized carbons (Fsp3) is 1.00. The van der Waals surface area contributed by atoms with Crippen molar-refractivity contribution in [3.63, 3.8) is 0 Å². The van der Waals surface area contributed by atoms with Crippen molar-refractivity contribution in [2.75, 3.05) is 6.61 Å². The minimum atomic E-state index is 0.364. The standard InChI is InChI=1S/C18H38O/c1-3-4-5-6-7-8-9-10-11-12-13-15-18(2)16-14-17-19/h18-19H,3-17H2,1-2H3. The summed E-state index contributed by atoms with van der Waals surface area (Å²) in [6.07, 6.45) is 19.3. The largest absolute Gasteiger partial charge is 0.396 e. The lowest BCUT2D eigenvalue weighted by Gasteiger charge is -2.09. The first-order valence-electron chi connectivity index (χ1n) is 8.92. The second kappa shape index (κ2) is 16.0. The molecule has 116 valence electrons. The van der Waals surface area contributed by atoms with Crippen LogP contribution in [0.1, 0.15) is 104 Å². The number of aliphatic hydroxyl groups is 1. The molecule has 0 aliphatic carbocycles. The molecule has 0 heterocycles. The molecule has 0 aromatic heterocycles. The summed E-state index contributed by atoms with van der Waals surface area (Å²) in [6, 6.07) is 0. The molecule has 1 N–H and O–H groups in total. The van der Waals surface area contributed by atoms with E-state index in [0.717, 1.165) is 12.3 Å². The highest BCUT2D eigenvalue weighted by Crippen LogP contribution is 2.16. The van der Waals surface area contributed by atoms with Crippen LogP contribution in [-0.4, -0.2) is 11.7 Å². The van der Waals surface area contributed by atoms with Gasteiger partial charge >= 0.3 is 0 Å². The lowest BCUT2D eigenvalue weighted by Crippen LogP contribution is -1.96. The van der Waals surface area contributed by atoms with Gasteiger partial charge in [-0.2, -0.15) is 0 Å². The van der Waals surface area contributed by atoms with Crippen molar-refractivity contribution in [3.05, 3.63) is 0 Å². The Morgan fingerprint density at radius 3 is 1.53 bits per heavy atom. The van der Waals surface area contributed by atoms with Crippen LogP contribution in [0.4, 0.5) is 0 Å². The average Bonchev–Trinajstić information content (AvgIpc) is 2.42. The highest BCUT2D eigenvalue weighted by molar-refractivity contribution is 4.54. The molecule has 0 rings (SSSR count). The van der Waals surface area contributed by atoms with Crippen LogP contribution in [0.5, 0.6) is 0 Å². The molecule has 1 atom stereocenters. The SMILES string of the molecule is CCCCCCCCCCCCCC(C)CCCO. The van der Waals surface area contributed by atoms with Gasteiger partial charge in [-0.1, -0.05) is 90.9 Å². The lowest BCUT2D eigenvalue weighted by molar-refractivity contribution is 0.270. The molecule has 0 aliphatic rings. The molecule has 0 bridgehead atoms. The number of hydrogen-bond acceptors (Lipinski definition) is 1. The van der Waals surface area contributed by atoms with E-state index in [2.05, 4.69) is 13.8 Å². The van der Waals surface area contributed by atoms with Crippen LogP contribution in [0.2, 0.25) is 0 Å². The van der Waals surface area contributed by atoms with Gasteiger partial charge in [0, 0.05) is 6.61 Å². The van der Waals surface area contributed by atoms with Gasteiger partial charge in [-0.25, -0.2) is 0 Å². The fourth-order valence-electron chi connectivity index (χ4n) is 2.74. The van der Waals surface area contributed by atoms with Gasteiger partial charge in [0.05, 0.1) is 0 Å². The molecule has 0 amide bonds. The van der Waals surface area contributed by atoms with Gasteiger partial charge < -0.3 is 5.11 Å². The Labute approximate surface area is 122 Å². The van der Waals surface area contributed by atoms with Crippen LogP contribution in [0, 0.1) is 5.92 Å². The van der Waals surface area contributed by atoms with Gasteiger partial charge in [0.2, 0.25) is 0 Å². The van der Waals surface area contributed by atoms with Crippen molar-refractivity contribution in [1.82, 2.24) is 0 Å². The molecule has 0 aromatic rings. The number of rotatable bonds is 15. The minimum Gasteiger partial charge on any atom is -0.396 e. The molecule has 1 heteroatoms. The Morgan fingerprint density at radius 2 is 1.05 bits per heavy atom. The molecule has 0 radical (unpaired) electrons. The van der Waals surface area contributed by atoms with Gasteiger partial charge in [0.1, 0.15) is 0 Å². The summed E-state index contributed by atoms with van der Waals surface area (Å²) < 4.78 is 0. The number of aliphatic hydroxyl groups excluding tert-OH is 1. The van der Waals surface area contributed by atoms with E-state index in [0.29, 0.717) is 6.61 Å². The van der Waals surface area contributed by atoms with E-state index in [1.54, 1.807) is 0 Å². The van der Waals surface area contributed by atoms with Crippen LogP contribution in [0.3, 0.4) is 0 Å². The minimum absolute atomic E-state index is 0.364. The monoisotopic (exact) mass is 270 g/mol. The third-order valence-electron chi connectivity index (χ3n) is 4.16. The summed E-state index contributed by atoms with van der Waals surface area (Å²) in [7, 11) is 0. The van der Waals surface area contributed by atoms with Crippen LogP contribution < -0.4 is 0 Å². The van der Waals surface area contributed by atoms with E-state index < -0.39 is 0 Å². The number of unbranched alkanes of at least 4 members (excludes halogenated alkanes) is 10. The van der Waals surface area contributed by atoms with Crippen LogP contribution in [0.25, 0.3) is 0 Å². The molecule has 0 saturated carbocycles. The predicted octanol–water partition coefficient (Wildman–Crippen LogP) is 6.10. The molecular formula is C18H38O. The Balaban J connectivity index is 3.02. The van der Waals surface area contributed by atoms with E-state index in [4.69, 9.17) is 5.11 Å². The van der Waals surface area contributed by atoms with E-state index in [9.17, 15) is 0 Å². The van der Waals surface area contributed by atoms with E-state index in [1.807, 2.05) is 0 Å². The van der Waals surface area contributed by atoms with Crippen LogP contribution in [0.15, 0.2) is 0 Å². The van der Waals surface area contributed by atoms with Crippen molar-refractivity contribution < 1.29 is 5.11 Å². The molecule has 0 aromatic carbocycles. The Kier molecular flexibility index (Phi) is 16.0. The van der Waals surface area contributed by atoms with Crippen molar-refractivity contribution in [1.29, 1.82) is 0 Å². The molecule has 1 nitrogen and oxygen atoms in total. The molecule has 0 fully saturated rings. The zero-order valence-electron chi connectivity index (χ0n) is 13.6. The first kappa shape index (κ1) is 19.0. The third-order valence-corrected chi connectivity index (χ3v) is 4.16. The van der Waals surface area contributed by atoms with E-state index >= 15 is 0 Å². The van der Waals surface area contributed by atoms with E-state index in [1.165, 1.54) is 83.5 Å². The molecule has 1 unspecified atom stereocenters. The Hall–Kier alpha value is -0.0400. The van der Waals surface area contributed by atoms with Crippen molar-refractivity contribution in [2.24, 2.45) is 5.92 Å². The van der Waals surface area contributed by atoms with Crippen molar-refractivity contribution >= 4 is 0 Å². The molecular weight excluding hydrogens is 232 g/mol. The fourth-order valence-corrected chi connectivity index (χ4v) is 2.74. The maximum Gasteiger partial charge on any atom is 0.0431 e. The topological polar surface area (TPSA) is 20.2 Å². The van der Waals surface area contributed by atoms with Crippen LogP contribution >= 0.6 is 0 Å². The first-order valence-corrected chi connectivity index (χ1v) is 8.92. The highest BCUT2D eigenvalue weighted by atomic mass is 16.2. The second-order valence-electron chi connectivity index (χ2n) is 6.30. The van der Waals surface area contributed by atoms with Crippen molar-refractivity contribution in [2.45, 2.75) is 104 Å². The normalized spacial score (nSPS) is 12.8. The first-order chi connectivity index (χ1) is 9.31. The van der Waals surface area contributed by atoms with Gasteiger partial charge in [0.15, 0.2) is 0 Å². The lowest BCUT2D eigenvalue weighted by atomic mass is 9.97. The van der Waals surface area contributed by atoms with Gasteiger partial charge in [-0.15, -0.1) is 0 Å². The number of hydrogen-bond donors (Lipinski definition) is 1. The second-order valence-corrected chi connectivity index (χ2v) is 6.30. The summed E-state index contributed by atoms with van der Waals surface area (Å²) in [5, 5.41) is 8.78.